The van der Waals surface area contributed by atoms with E-state index in [2.05, 4.69) is 25.6 Å². The van der Waals surface area contributed by atoms with Crippen molar-refractivity contribution in [2.75, 3.05) is 16.4 Å². The molecule has 0 radical (unpaired) electrons. The Kier molecular flexibility index (Phi) is 4.54. The van der Waals surface area contributed by atoms with Crippen LogP contribution in [0, 0.1) is 0 Å². The third-order valence-corrected chi connectivity index (χ3v) is 3.77. The van der Waals surface area contributed by atoms with Crippen molar-refractivity contribution < 1.29 is 4.79 Å². The number of hydrogen-bond donors (Lipinski definition) is 4. The van der Waals surface area contributed by atoms with Crippen LogP contribution < -0.4 is 16.4 Å². The van der Waals surface area contributed by atoms with Crippen LogP contribution >= 0.6 is 23.2 Å². The molecular weight excluding hydrogens is 351 g/mol. The molecule has 9 heteroatoms. The molecule has 0 atom stereocenters. The fourth-order valence-corrected chi connectivity index (χ4v) is 2.30. The van der Waals surface area contributed by atoms with Gasteiger partial charge in [-0.25, -0.2) is 14.8 Å². The number of aromatic nitrogens is 3. The van der Waals surface area contributed by atoms with Crippen molar-refractivity contribution in [3.63, 3.8) is 0 Å². The lowest BCUT2D eigenvalue weighted by atomic mass is 10.1. The summed E-state index contributed by atoms with van der Waals surface area (Å²) < 4.78 is 0. The van der Waals surface area contributed by atoms with E-state index in [0.29, 0.717) is 17.3 Å². The molecule has 3 aromatic rings. The lowest BCUT2D eigenvalue weighted by molar-refractivity contribution is 0.262. The van der Waals surface area contributed by atoms with E-state index in [4.69, 9.17) is 28.9 Å². The Morgan fingerprint density at radius 3 is 2.58 bits per heavy atom. The van der Waals surface area contributed by atoms with E-state index >= 15 is 0 Å². The van der Waals surface area contributed by atoms with Crippen LogP contribution in [-0.2, 0) is 0 Å². The molecule has 0 aliphatic rings. The Balaban J connectivity index is 1.71. The molecule has 0 aliphatic heterocycles. The van der Waals surface area contributed by atoms with E-state index in [1.54, 1.807) is 18.3 Å². The first-order chi connectivity index (χ1) is 11.5. The fraction of sp³-hybridized carbons (Fsp3) is 0. The van der Waals surface area contributed by atoms with Crippen LogP contribution in [0.15, 0.2) is 42.7 Å². The number of halogens is 2. The molecule has 0 fully saturated rings. The van der Waals surface area contributed by atoms with Crippen LogP contribution in [0.1, 0.15) is 0 Å². The molecule has 5 N–H and O–H groups in total. The topological polar surface area (TPSA) is 109 Å². The molecule has 122 valence electrons. The molecule has 3 rings (SSSR count). The summed E-state index contributed by atoms with van der Waals surface area (Å²) in [4.78, 5) is 22.8. The lowest BCUT2D eigenvalue weighted by Gasteiger charge is -2.09. The van der Waals surface area contributed by atoms with Crippen LogP contribution in [0.25, 0.3) is 11.3 Å². The number of rotatable bonds is 3. The summed E-state index contributed by atoms with van der Waals surface area (Å²) in [5.41, 5.74) is 8.20. The van der Waals surface area contributed by atoms with Gasteiger partial charge >= 0.3 is 6.03 Å². The monoisotopic (exact) mass is 362 g/mol. The van der Waals surface area contributed by atoms with Crippen LogP contribution in [0.3, 0.4) is 0 Å². The second-order valence-corrected chi connectivity index (χ2v) is 5.60. The van der Waals surface area contributed by atoms with Crippen molar-refractivity contribution in [1.29, 1.82) is 0 Å². The number of anilines is 3. The minimum atomic E-state index is -0.434. The SMILES string of the molecule is Nc1ncc(-c2cccc(NC(=O)Nc3cnc(Cl)c(Cl)c3)c2)[nH]1. The van der Waals surface area contributed by atoms with Gasteiger partial charge < -0.3 is 21.4 Å². The largest absolute Gasteiger partial charge is 0.369 e. The number of urea groups is 1. The van der Waals surface area contributed by atoms with Crippen LogP contribution in [0.2, 0.25) is 10.2 Å². The van der Waals surface area contributed by atoms with Crippen molar-refractivity contribution in [3.8, 4) is 11.3 Å². The highest BCUT2D eigenvalue weighted by Crippen LogP contribution is 2.23. The zero-order chi connectivity index (χ0) is 17.1. The van der Waals surface area contributed by atoms with Crippen LogP contribution in [0.4, 0.5) is 22.1 Å². The normalized spacial score (nSPS) is 10.4. The quantitative estimate of drug-likeness (QED) is 0.527. The minimum Gasteiger partial charge on any atom is -0.369 e. The number of carbonyl (C=O) groups is 1. The van der Waals surface area contributed by atoms with Gasteiger partial charge in [0, 0.05) is 11.3 Å². The number of amides is 2. The molecule has 0 spiro atoms. The van der Waals surface area contributed by atoms with Crippen LogP contribution in [-0.4, -0.2) is 21.0 Å². The maximum Gasteiger partial charge on any atom is 0.323 e. The van der Waals surface area contributed by atoms with Gasteiger partial charge in [0.2, 0.25) is 0 Å². The molecule has 7 nitrogen and oxygen atoms in total. The van der Waals surface area contributed by atoms with E-state index in [-0.39, 0.29) is 10.2 Å². The average Bonchev–Trinajstić information content (AvgIpc) is 2.98. The zero-order valence-electron chi connectivity index (χ0n) is 12.2. The summed E-state index contributed by atoms with van der Waals surface area (Å²) in [6.07, 6.45) is 3.04. The smallest absolute Gasteiger partial charge is 0.323 e. The highest BCUT2D eigenvalue weighted by Gasteiger charge is 2.07. The average molecular weight is 363 g/mol. The maximum absolute atomic E-state index is 12.1. The number of aromatic amines is 1. The van der Waals surface area contributed by atoms with Crippen molar-refractivity contribution in [3.05, 3.63) is 52.9 Å². The van der Waals surface area contributed by atoms with Gasteiger partial charge in [-0.3, -0.25) is 0 Å². The van der Waals surface area contributed by atoms with Gasteiger partial charge in [-0.1, -0.05) is 35.3 Å². The first-order valence-corrected chi connectivity index (χ1v) is 7.57. The summed E-state index contributed by atoms with van der Waals surface area (Å²) in [6, 6.07) is 8.31. The third-order valence-electron chi connectivity index (χ3n) is 3.08. The minimum absolute atomic E-state index is 0.175. The molecule has 0 bridgehead atoms. The van der Waals surface area contributed by atoms with E-state index < -0.39 is 6.03 Å². The second kappa shape index (κ2) is 6.77. The number of H-pyrrole nitrogens is 1. The van der Waals surface area contributed by atoms with Crippen molar-refractivity contribution in [2.24, 2.45) is 0 Å². The number of carbonyl (C=O) groups excluding carboxylic acids is 1. The number of imidazole rings is 1. The number of nitrogens with one attached hydrogen (secondary N) is 3. The van der Waals surface area contributed by atoms with Crippen LogP contribution in [0.5, 0.6) is 0 Å². The Morgan fingerprint density at radius 2 is 1.88 bits per heavy atom. The highest BCUT2D eigenvalue weighted by molar-refractivity contribution is 6.41. The Morgan fingerprint density at radius 1 is 1.08 bits per heavy atom. The summed E-state index contributed by atoms with van der Waals surface area (Å²) in [5.74, 6) is 0.327. The number of nitrogens with two attached hydrogens (primary N) is 1. The molecule has 0 saturated heterocycles. The highest BCUT2D eigenvalue weighted by atomic mass is 35.5. The number of nitrogen functional groups attached to an aromatic ring is 1. The van der Waals surface area contributed by atoms with Gasteiger partial charge in [0.05, 0.1) is 28.8 Å². The van der Waals surface area contributed by atoms with Gasteiger partial charge in [0.15, 0.2) is 5.95 Å². The lowest BCUT2D eigenvalue weighted by Crippen LogP contribution is -2.19. The summed E-state index contributed by atoms with van der Waals surface area (Å²) in [5, 5.41) is 5.78. The Labute approximate surface area is 147 Å². The standard InChI is InChI=1S/C15H12Cl2N6O/c16-11-5-10(6-19-13(11)17)22-15(24)21-9-3-1-2-8(4-9)12-7-20-14(18)23-12/h1-7H,(H3,18,20,23)(H2,21,22,24). The number of pyridine rings is 1. The molecule has 2 heterocycles. The van der Waals surface area contributed by atoms with Gasteiger partial charge in [0.25, 0.3) is 0 Å². The van der Waals surface area contributed by atoms with Gasteiger partial charge in [-0.15, -0.1) is 0 Å². The first kappa shape index (κ1) is 16.1. The van der Waals surface area contributed by atoms with E-state index in [0.717, 1.165) is 11.3 Å². The number of hydrogen-bond acceptors (Lipinski definition) is 4. The van der Waals surface area contributed by atoms with Gasteiger partial charge in [0.1, 0.15) is 5.15 Å². The van der Waals surface area contributed by atoms with Crippen molar-refractivity contribution in [1.82, 2.24) is 15.0 Å². The molecular formula is C15H12Cl2N6O. The summed E-state index contributed by atoms with van der Waals surface area (Å²) in [6.45, 7) is 0. The first-order valence-electron chi connectivity index (χ1n) is 6.81. The van der Waals surface area contributed by atoms with E-state index in [1.165, 1.54) is 12.3 Å². The predicted molar refractivity (Wildman–Crippen MR) is 95.3 cm³/mol. The zero-order valence-corrected chi connectivity index (χ0v) is 13.7. The fourth-order valence-electron chi connectivity index (χ4n) is 2.03. The summed E-state index contributed by atoms with van der Waals surface area (Å²) >= 11 is 11.6. The molecule has 0 saturated carbocycles. The van der Waals surface area contributed by atoms with Gasteiger partial charge in [-0.2, -0.15) is 0 Å². The number of nitrogens with zero attached hydrogens (tertiary/aromatic N) is 2. The Hall–Kier alpha value is -2.77. The third kappa shape index (κ3) is 3.76. The molecule has 0 aliphatic carbocycles. The van der Waals surface area contributed by atoms with Gasteiger partial charge in [-0.05, 0) is 18.2 Å². The molecule has 2 aromatic heterocycles. The molecule has 2 amide bonds. The van der Waals surface area contributed by atoms with Crippen molar-refractivity contribution >= 4 is 46.6 Å². The van der Waals surface area contributed by atoms with Crippen molar-refractivity contribution in [2.45, 2.75) is 0 Å². The molecule has 24 heavy (non-hydrogen) atoms. The summed E-state index contributed by atoms with van der Waals surface area (Å²) in [7, 11) is 0. The molecule has 0 unspecified atom stereocenters. The predicted octanol–water partition coefficient (Wildman–Crippen LogP) is 4.00. The van der Waals surface area contributed by atoms with E-state index in [9.17, 15) is 4.79 Å². The second-order valence-electron chi connectivity index (χ2n) is 4.84. The number of benzene rings is 1. The van der Waals surface area contributed by atoms with E-state index in [1.807, 2.05) is 12.1 Å². The maximum atomic E-state index is 12.1. The molecule has 1 aromatic carbocycles. The Bertz CT molecular complexity index is 895.